The number of fused-ring (bicyclic) bond motifs is 1. The number of aromatic hydroxyl groups is 1. The van der Waals surface area contributed by atoms with Gasteiger partial charge in [0.15, 0.2) is 0 Å². The van der Waals surface area contributed by atoms with E-state index in [0.29, 0.717) is 33.7 Å². The third-order valence-corrected chi connectivity index (χ3v) is 12.2. The zero-order valence-electron chi connectivity index (χ0n) is 42.9. The molecule has 2 aromatic heterocycles. The number of benzene rings is 7. The number of hydrogen-bond donors (Lipinski definition) is 1. The Morgan fingerprint density at radius 2 is 1.20 bits per heavy atom. The number of aromatic nitrogens is 3. The number of nitrogens with zero attached hydrogens (tertiary/aromatic N) is 3. The Morgan fingerprint density at radius 1 is 0.578 bits per heavy atom. The first-order chi connectivity index (χ1) is 32.5. The molecule has 9 aromatic rings. The van der Waals surface area contributed by atoms with E-state index < -0.39 is 24.1 Å². The van der Waals surface area contributed by atoms with Crippen molar-refractivity contribution in [1.29, 1.82) is 0 Å². The number of phenols is 1. The summed E-state index contributed by atoms with van der Waals surface area (Å²) in [6.45, 7) is 12.8. The first-order valence-electron chi connectivity index (χ1n) is 24.4. The summed E-state index contributed by atoms with van der Waals surface area (Å²) in [7, 11) is 0. The molecule has 0 bridgehead atoms. The standard InChI is InChI=1S/C60H57N3O/c1-37(2)45-30-46(38(3)4)32-48(31-45)43-23-24-55(40(6)29-43)63-56-22-16-21-51(57(56)62-59(63)52-27-39(5)28-53(58(52)64)60(7,8)9)49-33-47(42-19-14-11-15-20-42)34-50(35-49)54-36-44(25-26-61-54)41-17-12-10-13-18-41/h10-38,64H,1-9H3/i6D3,37D,38D. The van der Waals surface area contributed by atoms with E-state index in [4.69, 9.17) is 16.8 Å². The van der Waals surface area contributed by atoms with Crippen LogP contribution in [-0.2, 0) is 5.41 Å². The van der Waals surface area contributed by atoms with Crippen molar-refractivity contribution in [2.24, 2.45) is 0 Å². The van der Waals surface area contributed by atoms with Crippen LogP contribution in [0.3, 0.4) is 0 Å². The van der Waals surface area contributed by atoms with Crippen LogP contribution in [0.2, 0.25) is 0 Å². The van der Waals surface area contributed by atoms with Crippen LogP contribution in [0.15, 0.2) is 164 Å². The highest BCUT2D eigenvalue weighted by molar-refractivity contribution is 5.98. The topological polar surface area (TPSA) is 50.9 Å². The van der Waals surface area contributed by atoms with Gasteiger partial charge in [-0.3, -0.25) is 9.55 Å². The predicted octanol–water partition coefficient (Wildman–Crippen LogP) is 16.3. The molecule has 0 atom stereocenters. The first kappa shape index (κ1) is 36.4. The maximum Gasteiger partial charge on any atom is 0.149 e. The molecule has 0 radical (unpaired) electrons. The number of aryl methyl sites for hydroxylation is 2. The van der Waals surface area contributed by atoms with Gasteiger partial charge in [-0.1, -0.05) is 152 Å². The quantitative estimate of drug-likeness (QED) is 0.157. The van der Waals surface area contributed by atoms with Gasteiger partial charge in [-0.25, -0.2) is 4.98 Å². The third kappa shape index (κ3) is 8.17. The molecule has 0 aliphatic heterocycles. The zero-order valence-corrected chi connectivity index (χ0v) is 37.9. The Bertz CT molecular complexity index is 3360. The average Bonchev–Trinajstić information content (AvgIpc) is 3.70. The lowest BCUT2D eigenvalue weighted by molar-refractivity contribution is 0.448. The summed E-state index contributed by atoms with van der Waals surface area (Å²) in [5, 5.41) is 12.3. The molecule has 1 N–H and O–H groups in total. The van der Waals surface area contributed by atoms with Crippen LogP contribution in [0.25, 0.3) is 83.9 Å². The van der Waals surface area contributed by atoms with E-state index in [9.17, 15) is 5.11 Å². The van der Waals surface area contributed by atoms with Crippen LogP contribution < -0.4 is 0 Å². The Labute approximate surface area is 386 Å². The fourth-order valence-electron chi connectivity index (χ4n) is 8.69. The Kier molecular flexibility index (Phi) is 9.63. The summed E-state index contributed by atoms with van der Waals surface area (Å²) in [5.41, 5.74) is 14.0. The van der Waals surface area contributed by atoms with Crippen molar-refractivity contribution < 1.29 is 12.0 Å². The molecule has 4 heteroatoms. The average molecular weight is 841 g/mol. The molecule has 318 valence electrons. The second kappa shape index (κ2) is 16.9. The number of hydrogen-bond acceptors (Lipinski definition) is 3. The molecule has 4 nitrogen and oxygen atoms in total. The minimum atomic E-state index is -2.59. The van der Waals surface area contributed by atoms with Crippen molar-refractivity contribution in [2.45, 2.75) is 79.4 Å². The molecule has 0 aliphatic rings. The molecular weight excluding hydrogens is 779 g/mol. The molecule has 0 fully saturated rings. The van der Waals surface area contributed by atoms with Gasteiger partial charge in [0, 0.05) is 29.7 Å². The van der Waals surface area contributed by atoms with E-state index in [2.05, 4.69) is 69.3 Å². The molecule has 0 saturated heterocycles. The van der Waals surface area contributed by atoms with Gasteiger partial charge < -0.3 is 5.11 Å². The van der Waals surface area contributed by atoms with Crippen molar-refractivity contribution in [2.75, 3.05) is 0 Å². The first-order valence-corrected chi connectivity index (χ1v) is 21.9. The fraction of sp³-hybridized carbons (Fsp3) is 0.200. The van der Waals surface area contributed by atoms with Gasteiger partial charge >= 0.3 is 0 Å². The van der Waals surface area contributed by atoms with Crippen LogP contribution in [0.1, 0.15) is 94.9 Å². The molecule has 0 spiro atoms. The van der Waals surface area contributed by atoms with Crippen molar-refractivity contribution >= 4 is 11.0 Å². The van der Waals surface area contributed by atoms with Crippen molar-refractivity contribution in [3.63, 3.8) is 0 Å². The SMILES string of the molecule is [2H]C([2H])([2H])c1cc(-c2cc(C([2H])(C)C)cc(C([2H])(C)C)c2)ccc1-n1c(-c2cc(C)cc(C(C)(C)C)c2O)nc2c(-c3cc(-c4ccccc4)cc(-c4cc(-c5ccccc5)ccn4)c3)cccc21. The number of phenolic OH excluding ortho intramolecular Hbond substituents is 1. The highest BCUT2D eigenvalue weighted by Gasteiger charge is 2.26. The predicted molar refractivity (Wildman–Crippen MR) is 269 cm³/mol. The summed E-state index contributed by atoms with van der Waals surface area (Å²) in [6.07, 6.45) is 1.84. The summed E-state index contributed by atoms with van der Waals surface area (Å²) in [4.78, 5) is 10.3. The number of imidazole rings is 1. The maximum atomic E-state index is 12.3. The lowest BCUT2D eigenvalue weighted by Crippen LogP contribution is -2.12. The smallest absolute Gasteiger partial charge is 0.149 e. The van der Waals surface area contributed by atoms with Gasteiger partial charge in [-0.15, -0.1) is 0 Å². The summed E-state index contributed by atoms with van der Waals surface area (Å²) < 4.78 is 47.0. The molecule has 0 aliphatic carbocycles. The lowest BCUT2D eigenvalue weighted by atomic mass is 9.84. The highest BCUT2D eigenvalue weighted by Crippen LogP contribution is 2.44. The normalized spacial score (nSPS) is 13.5. The van der Waals surface area contributed by atoms with E-state index in [1.54, 1.807) is 6.07 Å². The molecular formula is C60H57N3O. The number of pyridine rings is 1. The summed E-state index contributed by atoms with van der Waals surface area (Å²) in [5.74, 6) is -1.44. The van der Waals surface area contributed by atoms with E-state index in [0.717, 1.165) is 72.5 Å². The minimum Gasteiger partial charge on any atom is -0.507 e. The van der Waals surface area contributed by atoms with Gasteiger partial charge in [0.05, 0.1) is 28.0 Å². The second-order valence-electron chi connectivity index (χ2n) is 18.4. The van der Waals surface area contributed by atoms with Gasteiger partial charge in [-0.2, -0.15) is 0 Å². The van der Waals surface area contributed by atoms with Crippen molar-refractivity contribution in [3.8, 4) is 78.6 Å². The van der Waals surface area contributed by atoms with Crippen molar-refractivity contribution in [3.05, 3.63) is 192 Å². The number of para-hydroxylation sites is 1. The largest absolute Gasteiger partial charge is 0.507 e. The zero-order chi connectivity index (χ0) is 49.2. The van der Waals surface area contributed by atoms with Crippen LogP contribution >= 0.6 is 0 Å². The summed E-state index contributed by atoms with van der Waals surface area (Å²) >= 11 is 0. The highest BCUT2D eigenvalue weighted by atomic mass is 16.3. The third-order valence-electron chi connectivity index (χ3n) is 12.2. The monoisotopic (exact) mass is 840 g/mol. The van der Waals surface area contributed by atoms with Gasteiger partial charge in [0.1, 0.15) is 11.6 Å². The Hall–Kier alpha value is -7.04. The molecule has 0 saturated carbocycles. The molecule has 7 aromatic carbocycles. The van der Waals surface area contributed by atoms with Crippen LogP contribution in [0.5, 0.6) is 5.75 Å². The van der Waals surface area contributed by atoms with Crippen LogP contribution in [-0.4, -0.2) is 19.6 Å². The molecule has 9 rings (SSSR count). The van der Waals surface area contributed by atoms with Gasteiger partial charge in [0.25, 0.3) is 0 Å². The molecule has 64 heavy (non-hydrogen) atoms. The second-order valence-corrected chi connectivity index (χ2v) is 18.4. The lowest BCUT2D eigenvalue weighted by Gasteiger charge is -2.23. The number of rotatable bonds is 9. The van der Waals surface area contributed by atoms with E-state index in [-0.39, 0.29) is 11.3 Å². The molecule has 0 amide bonds. The molecule has 0 unspecified atom stereocenters. The van der Waals surface area contributed by atoms with E-state index in [1.165, 1.54) is 0 Å². The molecule has 2 heterocycles. The fourth-order valence-corrected chi connectivity index (χ4v) is 8.69. The van der Waals surface area contributed by atoms with E-state index in [1.807, 2.05) is 149 Å². The minimum absolute atomic E-state index is 0.0800. The van der Waals surface area contributed by atoms with Gasteiger partial charge in [-0.05, 0) is 147 Å². The Balaban J connectivity index is 1.33. The maximum absolute atomic E-state index is 12.3. The van der Waals surface area contributed by atoms with Gasteiger partial charge in [0.2, 0.25) is 0 Å². The van der Waals surface area contributed by atoms with E-state index >= 15 is 0 Å². The Morgan fingerprint density at radius 3 is 1.86 bits per heavy atom. The summed E-state index contributed by atoms with van der Waals surface area (Å²) in [6, 6.07) is 52.2. The van der Waals surface area contributed by atoms with Crippen LogP contribution in [0.4, 0.5) is 0 Å². The van der Waals surface area contributed by atoms with Crippen molar-refractivity contribution in [1.82, 2.24) is 14.5 Å². The van der Waals surface area contributed by atoms with Crippen LogP contribution in [0, 0.1) is 13.8 Å².